The molecule has 1 aromatic heterocycles. The molecule has 1 aliphatic rings. The van der Waals surface area contributed by atoms with Gasteiger partial charge in [0.15, 0.2) is 15.8 Å². The Bertz CT molecular complexity index is 852. The zero-order valence-corrected chi connectivity index (χ0v) is 18.1. The Morgan fingerprint density at radius 1 is 1.14 bits per heavy atom. The molecule has 0 bridgehead atoms. The second kappa shape index (κ2) is 10.4. The summed E-state index contributed by atoms with van der Waals surface area (Å²) in [4.78, 5) is 26.5. The molecule has 8 nitrogen and oxygen atoms in total. The fourth-order valence-corrected chi connectivity index (χ4v) is 4.51. The second-order valence-corrected chi connectivity index (χ2v) is 8.43. The molecule has 1 aliphatic heterocycles. The number of anilines is 1. The quantitative estimate of drug-likeness (QED) is 0.476. The second-order valence-electron chi connectivity index (χ2n) is 6.23. The minimum atomic E-state index is -0.310. The van der Waals surface area contributed by atoms with Gasteiger partial charge in [-0.1, -0.05) is 23.1 Å². The van der Waals surface area contributed by atoms with Gasteiger partial charge in [-0.2, -0.15) is 0 Å². The molecular formula is C19H24N4O4S2. The summed E-state index contributed by atoms with van der Waals surface area (Å²) in [5.74, 6) is 1.26. The summed E-state index contributed by atoms with van der Waals surface area (Å²) in [5, 5.41) is 11.2. The summed E-state index contributed by atoms with van der Waals surface area (Å²) >= 11 is 2.59. The predicted molar refractivity (Wildman–Crippen MR) is 113 cm³/mol. The Labute approximate surface area is 178 Å². The van der Waals surface area contributed by atoms with Gasteiger partial charge in [0, 0.05) is 18.7 Å². The number of benzene rings is 1. The summed E-state index contributed by atoms with van der Waals surface area (Å²) in [5.41, 5.74) is 0.436. The molecule has 0 saturated carbocycles. The highest BCUT2D eigenvalue weighted by atomic mass is 32.2. The van der Waals surface area contributed by atoms with Crippen LogP contribution in [-0.4, -0.2) is 59.0 Å². The van der Waals surface area contributed by atoms with Gasteiger partial charge in [0.1, 0.15) is 0 Å². The highest BCUT2D eigenvalue weighted by Crippen LogP contribution is 2.30. The van der Waals surface area contributed by atoms with E-state index in [1.807, 2.05) is 18.7 Å². The molecule has 1 saturated heterocycles. The van der Waals surface area contributed by atoms with Crippen molar-refractivity contribution in [1.29, 1.82) is 0 Å². The topological polar surface area (TPSA) is 93.7 Å². The molecular weight excluding hydrogens is 412 g/mol. The number of nitrogens with one attached hydrogen (secondary N) is 1. The third-order valence-corrected chi connectivity index (χ3v) is 6.17. The summed E-state index contributed by atoms with van der Waals surface area (Å²) in [7, 11) is 0. The fourth-order valence-electron chi connectivity index (χ4n) is 2.86. The van der Waals surface area contributed by atoms with E-state index in [4.69, 9.17) is 9.47 Å². The van der Waals surface area contributed by atoms with E-state index in [0.717, 1.165) is 25.9 Å². The van der Waals surface area contributed by atoms with Gasteiger partial charge in [-0.3, -0.25) is 14.9 Å². The number of carbonyl (C=O) groups excluding carboxylic acids is 2. The molecule has 1 aromatic carbocycles. The number of ether oxygens (including phenoxy) is 2. The van der Waals surface area contributed by atoms with Crippen molar-refractivity contribution >= 4 is 40.0 Å². The number of likely N-dealkylation sites (tertiary alicyclic amines) is 1. The van der Waals surface area contributed by atoms with Gasteiger partial charge in [0.25, 0.3) is 5.91 Å². The van der Waals surface area contributed by atoms with Crippen molar-refractivity contribution in [3.05, 3.63) is 23.8 Å². The SMILES string of the molecule is CCOc1ccc(C(=O)Nc2nnc(SCC(=O)N3CCCC3)s2)cc1OCC. The van der Waals surface area contributed by atoms with Gasteiger partial charge < -0.3 is 14.4 Å². The maximum Gasteiger partial charge on any atom is 0.257 e. The molecule has 0 unspecified atom stereocenters. The zero-order chi connectivity index (χ0) is 20.6. The summed E-state index contributed by atoms with van der Waals surface area (Å²) < 4.78 is 11.7. The fraction of sp³-hybridized carbons (Fsp3) is 0.474. The van der Waals surface area contributed by atoms with Crippen LogP contribution in [0.3, 0.4) is 0 Å². The van der Waals surface area contributed by atoms with E-state index in [-0.39, 0.29) is 11.8 Å². The van der Waals surface area contributed by atoms with E-state index in [9.17, 15) is 9.59 Å². The summed E-state index contributed by atoms with van der Waals surface area (Å²) in [6.07, 6.45) is 2.14. The summed E-state index contributed by atoms with van der Waals surface area (Å²) in [6.45, 7) is 6.41. The Kier molecular flexibility index (Phi) is 7.70. The number of aromatic nitrogens is 2. The van der Waals surface area contributed by atoms with Crippen LogP contribution < -0.4 is 14.8 Å². The molecule has 2 heterocycles. The molecule has 2 aromatic rings. The van der Waals surface area contributed by atoms with Crippen molar-refractivity contribution in [3.8, 4) is 11.5 Å². The molecule has 0 atom stereocenters. The molecule has 1 N–H and O–H groups in total. The van der Waals surface area contributed by atoms with Gasteiger partial charge in [-0.15, -0.1) is 10.2 Å². The Hall–Kier alpha value is -2.33. The monoisotopic (exact) mass is 436 g/mol. The van der Waals surface area contributed by atoms with Gasteiger partial charge in [-0.25, -0.2) is 0 Å². The van der Waals surface area contributed by atoms with Crippen LogP contribution in [0.25, 0.3) is 0 Å². The predicted octanol–water partition coefficient (Wildman–Crippen LogP) is 3.30. The number of thioether (sulfide) groups is 1. The minimum Gasteiger partial charge on any atom is -0.490 e. The van der Waals surface area contributed by atoms with E-state index >= 15 is 0 Å². The highest BCUT2D eigenvalue weighted by Gasteiger charge is 2.19. The third-order valence-electron chi connectivity index (χ3n) is 4.21. The smallest absolute Gasteiger partial charge is 0.257 e. The van der Waals surface area contributed by atoms with Crippen molar-refractivity contribution in [2.24, 2.45) is 0 Å². The Morgan fingerprint density at radius 2 is 1.86 bits per heavy atom. The van der Waals surface area contributed by atoms with Gasteiger partial charge >= 0.3 is 0 Å². The third kappa shape index (κ3) is 5.83. The molecule has 10 heteroatoms. The highest BCUT2D eigenvalue weighted by molar-refractivity contribution is 8.01. The van der Waals surface area contributed by atoms with Crippen LogP contribution in [0.2, 0.25) is 0 Å². The number of amides is 2. The van der Waals surface area contributed by atoms with Crippen LogP contribution in [0.4, 0.5) is 5.13 Å². The first kappa shape index (κ1) is 21.4. The lowest BCUT2D eigenvalue weighted by Gasteiger charge is -2.13. The first-order valence-corrected chi connectivity index (χ1v) is 11.4. The zero-order valence-electron chi connectivity index (χ0n) is 16.5. The normalized spacial score (nSPS) is 13.4. The Morgan fingerprint density at radius 3 is 2.59 bits per heavy atom. The lowest BCUT2D eigenvalue weighted by molar-refractivity contribution is -0.127. The minimum absolute atomic E-state index is 0.117. The van der Waals surface area contributed by atoms with E-state index < -0.39 is 0 Å². The Balaban J connectivity index is 1.58. The molecule has 0 aliphatic carbocycles. The van der Waals surface area contributed by atoms with E-state index in [0.29, 0.717) is 45.5 Å². The van der Waals surface area contributed by atoms with Crippen LogP contribution in [0.15, 0.2) is 22.5 Å². The van der Waals surface area contributed by atoms with E-state index in [1.54, 1.807) is 18.2 Å². The van der Waals surface area contributed by atoms with E-state index in [1.165, 1.54) is 23.1 Å². The van der Waals surface area contributed by atoms with Crippen LogP contribution in [-0.2, 0) is 4.79 Å². The van der Waals surface area contributed by atoms with Crippen LogP contribution in [0, 0.1) is 0 Å². The number of carbonyl (C=O) groups is 2. The number of rotatable bonds is 9. The largest absolute Gasteiger partial charge is 0.490 e. The number of hydrogen-bond acceptors (Lipinski definition) is 8. The average Bonchev–Trinajstić information content (AvgIpc) is 3.40. The van der Waals surface area contributed by atoms with Crippen molar-refractivity contribution < 1.29 is 19.1 Å². The van der Waals surface area contributed by atoms with Crippen molar-refractivity contribution in [1.82, 2.24) is 15.1 Å². The molecule has 0 radical (unpaired) electrons. The maximum atomic E-state index is 12.6. The van der Waals surface area contributed by atoms with Crippen molar-refractivity contribution in [3.63, 3.8) is 0 Å². The standard InChI is InChI=1S/C19H24N4O4S2/c1-3-26-14-8-7-13(11-15(14)27-4-2)17(25)20-18-21-22-19(29-18)28-12-16(24)23-9-5-6-10-23/h7-8,11H,3-6,9-10,12H2,1-2H3,(H,20,21,25). The summed E-state index contributed by atoms with van der Waals surface area (Å²) in [6, 6.07) is 5.04. The molecule has 29 heavy (non-hydrogen) atoms. The molecule has 3 rings (SSSR count). The van der Waals surface area contributed by atoms with Crippen molar-refractivity contribution in [2.45, 2.75) is 31.0 Å². The lowest BCUT2D eigenvalue weighted by atomic mass is 10.2. The van der Waals surface area contributed by atoms with Crippen LogP contribution >= 0.6 is 23.1 Å². The van der Waals surface area contributed by atoms with Gasteiger partial charge in [-0.05, 0) is 44.9 Å². The van der Waals surface area contributed by atoms with Crippen LogP contribution in [0.1, 0.15) is 37.0 Å². The van der Waals surface area contributed by atoms with Crippen LogP contribution in [0.5, 0.6) is 11.5 Å². The maximum absolute atomic E-state index is 12.6. The molecule has 1 fully saturated rings. The molecule has 156 valence electrons. The average molecular weight is 437 g/mol. The molecule has 0 spiro atoms. The lowest BCUT2D eigenvalue weighted by Crippen LogP contribution is -2.29. The van der Waals surface area contributed by atoms with E-state index in [2.05, 4.69) is 15.5 Å². The number of hydrogen-bond donors (Lipinski definition) is 1. The van der Waals surface area contributed by atoms with Gasteiger partial charge in [0.2, 0.25) is 11.0 Å². The molecule has 2 amide bonds. The number of nitrogens with zero attached hydrogens (tertiary/aromatic N) is 3. The van der Waals surface area contributed by atoms with Gasteiger partial charge in [0.05, 0.1) is 19.0 Å². The first-order valence-electron chi connectivity index (χ1n) is 9.55. The first-order chi connectivity index (χ1) is 14.1. The van der Waals surface area contributed by atoms with Crippen molar-refractivity contribution in [2.75, 3.05) is 37.4 Å².